The van der Waals surface area contributed by atoms with E-state index in [-0.39, 0.29) is 0 Å². The average molecular weight is 190 g/mol. The Morgan fingerprint density at radius 1 is 1.36 bits per heavy atom. The van der Waals surface area contributed by atoms with Crippen LogP contribution in [0.25, 0.3) is 0 Å². The molecule has 3 unspecified atom stereocenters. The Bertz CT molecular complexity index is 158. The SMILES string of the molecule is CC1(O)CSC2CCCC2S1. The minimum Gasteiger partial charge on any atom is -0.379 e. The summed E-state index contributed by atoms with van der Waals surface area (Å²) in [5, 5.41) is 11.4. The van der Waals surface area contributed by atoms with Crippen molar-refractivity contribution in [3.8, 4) is 0 Å². The van der Waals surface area contributed by atoms with E-state index in [0.717, 1.165) is 16.3 Å². The highest BCUT2D eigenvalue weighted by Gasteiger charge is 2.39. The minimum atomic E-state index is -0.448. The Balaban J connectivity index is 2.02. The zero-order valence-corrected chi connectivity index (χ0v) is 8.38. The second-order valence-electron chi connectivity index (χ2n) is 3.61. The van der Waals surface area contributed by atoms with Crippen molar-refractivity contribution in [1.29, 1.82) is 0 Å². The van der Waals surface area contributed by atoms with Crippen molar-refractivity contribution >= 4 is 23.5 Å². The summed E-state index contributed by atoms with van der Waals surface area (Å²) in [6, 6.07) is 0. The van der Waals surface area contributed by atoms with Crippen LogP contribution in [0.3, 0.4) is 0 Å². The van der Waals surface area contributed by atoms with Crippen molar-refractivity contribution < 1.29 is 5.11 Å². The number of hydrogen-bond donors (Lipinski definition) is 1. The van der Waals surface area contributed by atoms with Gasteiger partial charge in [0.05, 0.1) is 0 Å². The summed E-state index contributed by atoms with van der Waals surface area (Å²) in [7, 11) is 0. The van der Waals surface area contributed by atoms with E-state index >= 15 is 0 Å². The van der Waals surface area contributed by atoms with Crippen LogP contribution in [-0.4, -0.2) is 26.3 Å². The van der Waals surface area contributed by atoms with Crippen LogP contribution in [-0.2, 0) is 0 Å². The summed E-state index contributed by atoms with van der Waals surface area (Å²) < 4.78 is 0. The molecule has 3 atom stereocenters. The zero-order valence-electron chi connectivity index (χ0n) is 6.75. The summed E-state index contributed by atoms with van der Waals surface area (Å²) >= 11 is 3.76. The smallest absolute Gasteiger partial charge is 0.117 e. The monoisotopic (exact) mass is 190 g/mol. The molecule has 1 nitrogen and oxygen atoms in total. The van der Waals surface area contributed by atoms with Gasteiger partial charge in [0.1, 0.15) is 4.93 Å². The quantitative estimate of drug-likeness (QED) is 0.631. The van der Waals surface area contributed by atoms with Crippen LogP contribution in [0.1, 0.15) is 26.2 Å². The maximum absolute atomic E-state index is 9.76. The first-order valence-electron chi connectivity index (χ1n) is 4.19. The maximum Gasteiger partial charge on any atom is 0.117 e. The number of rotatable bonds is 0. The molecule has 1 heterocycles. The third-order valence-electron chi connectivity index (χ3n) is 2.36. The molecule has 0 aromatic carbocycles. The van der Waals surface area contributed by atoms with Crippen LogP contribution in [0.2, 0.25) is 0 Å². The molecule has 1 saturated heterocycles. The molecule has 0 spiro atoms. The molecule has 2 aliphatic rings. The Kier molecular flexibility index (Phi) is 2.15. The Hall–Kier alpha value is 0.660. The molecule has 0 aromatic heterocycles. The van der Waals surface area contributed by atoms with E-state index in [1.54, 1.807) is 11.8 Å². The first-order chi connectivity index (χ1) is 5.17. The highest BCUT2D eigenvalue weighted by atomic mass is 32.2. The second-order valence-corrected chi connectivity index (χ2v) is 6.56. The predicted molar refractivity (Wildman–Crippen MR) is 52.1 cm³/mol. The standard InChI is InChI=1S/C8H14OS2/c1-8(9)5-10-6-3-2-4-7(6)11-8/h6-7,9H,2-5H2,1H3. The van der Waals surface area contributed by atoms with E-state index in [1.807, 2.05) is 18.7 Å². The summed E-state index contributed by atoms with van der Waals surface area (Å²) in [4.78, 5) is -0.448. The Morgan fingerprint density at radius 2 is 2.09 bits per heavy atom. The second kappa shape index (κ2) is 2.86. The molecule has 0 radical (unpaired) electrons. The van der Waals surface area contributed by atoms with E-state index in [1.165, 1.54) is 19.3 Å². The molecule has 1 aliphatic heterocycles. The molecule has 2 rings (SSSR count). The largest absolute Gasteiger partial charge is 0.379 e. The fourth-order valence-corrected chi connectivity index (χ4v) is 5.15. The third-order valence-corrected chi connectivity index (χ3v) is 5.96. The summed E-state index contributed by atoms with van der Waals surface area (Å²) in [6.45, 7) is 1.94. The topological polar surface area (TPSA) is 20.2 Å². The highest BCUT2D eigenvalue weighted by Crippen LogP contribution is 2.48. The zero-order chi connectivity index (χ0) is 7.90. The normalized spacial score (nSPS) is 50.7. The van der Waals surface area contributed by atoms with Gasteiger partial charge in [-0.3, -0.25) is 0 Å². The fourth-order valence-electron chi connectivity index (χ4n) is 1.84. The van der Waals surface area contributed by atoms with Gasteiger partial charge in [-0.2, -0.15) is 11.8 Å². The molecule has 1 N–H and O–H groups in total. The fraction of sp³-hybridized carbons (Fsp3) is 1.00. The first kappa shape index (κ1) is 8.27. The molecule has 0 aromatic rings. The Labute approximate surface area is 76.3 Å². The van der Waals surface area contributed by atoms with E-state index in [0.29, 0.717) is 0 Å². The van der Waals surface area contributed by atoms with Gasteiger partial charge in [0.15, 0.2) is 0 Å². The molecule has 11 heavy (non-hydrogen) atoms. The van der Waals surface area contributed by atoms with Gasteiger partial charge in [-0.15, -0.1) is 11.8 Å². The van der Waals surface area contributed by atoms with Gasteiger partial charge < -0.3 is 5.11 Å². The third kappa shape index (κ3) is 1.70. The molecule has 64 valence electrons. The van der Waals surface area contributed by atoms with Gasteiger partial charge in [0.25, 0.3) is 0 Å². The summed E-state index contributed by atoms with van der Waals surface area (Å²) in [5.74, 6) is 0.916. The van der Waals surface area contributed by atoms with E-state index in [2.05, 4.69) is 0 Å². The lowest BCUT2D eigenvalue weighted by molar-refractivity contribution is 0.182. The lowest BCUT2D eigenvalue weighted by atomic mass is 10.4. The van der Waals surface area contributed by atoms with Gasteiger partial charge in [-0.1, -0.05) is 6.42 Å². The van der Waals surface area contributed by atoms with Crippen LogP contribution >= 0.6 is 23.5 Å². The Morgan fingerprint density at radius 3 is 2.91 bits per heavy atom. The van der Waals surface area contributed by atoms with Gasteiger partial charge in [-0.05, 0) is 19.8 Å². The molecule has 0 amide bonds. The van der Waals surface area contributed by atoms with Gasteiger partial charge in [-0.25, -0.2) is 0 Å². The van der Waals surface area contributed by atoms with E-state index in [4.69, 9.17) is 0 Å². The molecule has 1 aliphatic carbocycles. The van der Waals surface area contributed by atoms with Crippen molar-refractivity contribution in [1.82, 2.24) is 0 Å². The lowest BCUT2D eigenvalue weighted by Crippen LogP contribution is -2.34. The van der Waals surface area contributed by atoms with Crippen LogP contribution in [0.4, 0.5) is 0 Å². The van der Waals surface area contributed by atoms with Gasteiger partial charge in [0, 0.05) is 16.3 Å². The van der Waals surface area contributed by atoms with Crippen molar-refractivity contribution in [3.63, 3.8) is 0 Å². The number of aliphatic hydroxyl groups is 1. The maximum atomic E-state index is 9.76. The van der Waals surface area contributed by atoms with E-state index in [9.17, 15) is 5.11 Å². The number of hydrogen-bond acceptors (Lipinski definition) is 3. The van der Waals surface area contributed by atoms with E-state index < -0.39 is 4.93 Å². The molecule has 2 fully saturated rings. The molecule has 0 bridgehead atoms. The van der Waals surface area contributed by atoms with Crippen molar-refractivity contribution in [3.05, 3.63) is 0 Å². The minimum absolute atomic E-state index is 0.448. The average Bonchev–Trinajstić information content (AvgIpc) is 2.31. The van der Waals surface area contributed by atoms with Gasteiger partial charge >= 0.3 is 0 Å². The number of fused-ring (bicyclic) bond motifs is 1. The van der Waals surface area contributed by atoms with Crippen LogP contribution < -0.4 is 0 Å². The lowest BCUT2D eigenvalue weighted by Gasteiger charge is -2.35. The van der Waals surface area contributed by atoms with Crippen molar-refractivity contribution in [2.24, 2.45) is 0 Å². The van der Waals surface area contributed by atoms with Crippen LogP contribution in [0, 0.1) is 0 Å². The number of thioether (sulfide) groups is 2. The highest BCUT2D eigenvalue weighted by molar-refractivity contribution is 8.07. The van der Waals surface area contributed by atoms with Crippen molar-refractivity contribution in [2.75, 3.05) is 5.75 Å². The molecule has 1 saturated carbocycles. The van der Waals surface area contributed by atoms with Gasteiger partial charge in [0.2, 0.25) is 0 Å². The first-order valence-corrected chi connectivity index (χ1v) is 6.12. The molecular weight excluding hydrogens is 176 g/mol. The molecule has 3 heteroatoms. The summed E-state index contributed by atoms with van der Waals surface area (Å²) in [5.41, 5.74) is 0. The summed E-state index contributed by atoms with van der Waals surface area (Å²) in [6.07, 6.45) is 4.06. The molecular formula is C8H14OS2. The predicted octanol–water partition coefficient (Wildman–Crippen LogP) is 2.10. The van der Waals surface area contributed by atoms with Crippen LogP contribution in [0.5, 0.6) is 0 Å². The van der Waals surface area contributed by atoms with Crippen LogP contribution in [0.15, 0.2) is 0 Å². The van der Waals surface area contributed by atoms with Crippen molar-refractivity contribution in [2.45, 2.75) is 41.6 Å².